The molecule has 1 aromatic heterocycles. The van der Waals surface area contributed by atoms with Gasteiger partial charge in [-0.3, -0.25) is 9.36 Å². The SMILES string of the molecule is COC(=O)C(CCCc1ccc(F)cc1F)c1cn(C(=O)OC(C)(C)C)c2ccccc12. The molecule has 3 rings (SSSR count). The number of carbonyl (C=O) groups excluding carboxylic acids is 2. The van der Waals surface area contributed by atoms with E-state index < -0.39 is 35.2 Å². The lowest BCUT2D eigenvalue weighted by Crippen LogP contribution is -2.26. The van der Waals surface area contributed by atoms with Gasteiger partial charge in [0.25, 0.3) is 0 Å². The molecular weight excluding hydrogens is 416 g/mol. The van der Waals surface area contributed by atoms with Gasteiger partial charge in [0, 0.05) is 17.6 Å². The van der Waals surface area contributed by atoms with Crippen LogP contribution < -0.4 is 0 Å². The molecule has 32 heavy (non-hydrogen) atoms. The first kappa shape index (κ1) is 23.4. The number of rotatable bonds is 6. The summed E-state index contributed by atoms with van der Waals surface area (Å²) in [4.78, 5) is 25.4. The standard InChI is InChI=1S/C25H27F2NO4/c1-25(2,3)32-24(30)28-15-20(18-9-5-6-11-22(18)28)19(23(29)31-4)10-7-8-16-12-13-17(26)14-21(16)27/h5-6,9,11-15,19H,7-8,10H2,1-4H3. The summed E-state index contributed by atoms with van der Waals surface area (Å²) in [6.45, 7) is 5.34. The number of hydrogen-bond acceptors (Lipinski definition) is 4. The van der Waals surface area contributed by atoms with E-state index >= 15 is 0 Å². The van der Waals surface area contributed by atoms with E-state index in [9.17, 15) is 18.4 Å². The van der Waals surface area contributed by atoms with Crippen LogP contribution in [0.4, 0.5) is 13.6 Å². The summed E-state index contributed by atoms with van der Waals surface area (Å²) in [5.74, 6) is -2.34. The van der Waals surface area contributed by atoms with Gasteiger partial charge in [-0.05, 0) is 63.3 Å². The molecule has 0 fully saturated rings. The topological polar surface area (TPSA) is 57.5 Å². The number of carbonyl (C=O) groups is 2. The third-order valence-electron chi connectivity index (χ3n) is 5.15. The molecule has 0 saturated carbocycles. The number of hydrogen-bond donors (Lipinski definition) is 0. The van der Waals surface area contributed by atoms with Crippen LogP contribution in [-0.4, -0.2) is 29.3 Å². The Morgan fingerprint density at radius 2 is 1.81 bits per heavy atom. The number of nitrogens with zero attached hydrogens (tertiary/aromatic N) is 1. The monoisotopic (exact) mass is 443 g/mol. The molecule has 3 aromatic rings. The minimum Gasteiger partial charge on any atom is -0.469 e. The van der Waals surface area contributed by atoms with E-state index in [0.29, 0.717) is 35.9 Å². The van der Waals surface area contributed by atoms with Gasteiger partial charge in [-0.1, -0.05) is 24.3 Å². The molecule has 2 aromatic carbocycles. The largest absolute Gasteiger partial charge is 0.469 e. The fourth-order valence-electron chi connectivity index (χ4n) is 3.71. The third kappa shape index (κ3) is 5.33. The van der Waals surface area contributed by atoms with Crippen molar-refractivity contribution in [2.45, 2.75) is 51.6 Å². The second kappa shape index (κ2) is 9.51. The molecule has 7 heteroatoms. The van der Waals surface area contributed by atoms with Crippen LogP contribution in [0.1, 0.15) is 50.7 Å². The van der Waals surface area contributed by atoms with Crippen molar-refractivity contribution in [1.82, 2.24) is 4.57 Å². The highest BCUT2D eigenvalue weighted by atomic mass is 19.1. The molecule has 1 unspecified atom stereocenters. The Hall–Kier alpha value is -3.22. The van der Waals surface area contributed by atoms with Gasteiger partial charge in [-0.15, -0.1) is 0 Å². The highest BCUT2D eigenvalue weighted by molar-refractivity contribution is 5.95. The molecule has 170 valence electrons. The summed E-state index contributed by atoms with van der Waals surface area (Å²) in [6.07, 6.45) is 2.24. The van der Waals surface area contributed by atoms with Gasteiger partial charge in [-0.2, -0.15) is 0 Å². The predicted octanol–water partition coefficient (Wildman–Crippen LogP) is 5.98. The van der Waals surface area contributed by atoms with E-state index in [2.05, 4.69) is 0 Å². The predicted molar refractivity (Wildman–Crippen MR) is 118 cm³/mol. The average Bonchev–Trinajstić information content (AvgIpc) is 3.10. The van der Waals surface area contributed by atoms with Gasteiger partial charge < -0.3 is 9.47 Å². The Bertz CT molecular complexity index is 1130. The van der Waals surface area contributed by atoms with Gasteiger partial charge in [-0.25, -0.2) is 13.6 Å². The van der Waals surface area contributed by atoms with Gasteiger partial charge in [0.2, 0.25) is 0 Å². The van der Waals surface area contributed by atoms with Crippen molar-refractivity contribution < 1.29 is 27.8 Å². The fourth-order valence-corrected chi connectivity index (χ4v) is 3.71. The second-order valence-corrected chi connectivity index (χ2v) is 8.66. The number of aryl methyl sites for hydroxylation is 1. The average molecular weight is 443 g/mol. The number of halogens is 2. The van der Waals surface area contributed by atoms with Crippen molar-refractivity contribution in [2.24, 2.45) is 0 Å². The Morgan fingerprint density at radius 3 is 2.47 bits per heavy atom. The van der Waals surface area contributed by atoms with Gasteiger partial charge in [0.05, 0.1) is 18.5 Å². The summed E-state index contributed by atoms with van der Waals surface area (Å²) < 4.78 is 39.0. The molecule has 0 saturated heterocycles. The van der Waals surface area contributed by atoms with E-state index in [1.165, 1.54) is 23.8 Å². The van der Waals surface area contributed by atoms with Crippen LogP contribution in [0.5, 0.6) is 0 Å². The quantitative estimate of drug-likeness (QED) is 0.440. The maximum atomic E-state index is 14.0. The molecule has 0 aliphatic rings. The second-order valence-electron chi connectivity index (χ2n) is 8.66. The zero-order valence-corrected chi connectivity index (χ0v) is 18.7. The molecule has 0 bridgehead atoms. The van der Waals surface area contributed by atoms with Crippen molar-refractivity contribution >= 4 is 23.0 Å². The fraction of sp³-hybridized carbons (Fsp3) is 0.360. The molecule has 1 heterocycles. The molecule has 0 N–H and O–H groups in total. The van der Waals surface area contributed by atoms with Crippen molar-refractivity contribution in [3.8, 4) is 0 Å². The van der Waals surface area contributed by atoms with Crippen LogP contribution in [0, 0.1) is 11.6 Å². The van der Waals surface area contributed by atoms with Crippen LogP contribution >= 0.6 is 0 Å². The Kier molecular flexibility index (Phi) is 6.96. The van der Waals surface area contributed by atoms with Crippen molar-refractivity contribution in [1.29, 1.82) is 0 Å². The summed E-state index contributed by atoms with van der Waals surface area (Å²) in [6, 6.07) is 10.7. The van der Waals surface area contributed by atoms with Crippen molar-refractivity contribution in [3.63, 3.8) is 0 Å². The Balaban J connectivity index is 1.91. The minimum atomic E-state index is -0.677. The molecule has 0 aliphatic carbocycles. The summed E-state index contributed by atoms with van der Waals surface area (Å²) >= 11 is 0. The van der Waals surface area contributed by atoms with Crippen LogP contribution in [0.15, 0.2) is 48.7 Å². The number of ether oxygens (including phenoxy) is 2. The summed E-state index contributed by atoms with van der Waals surface area (Å²) in [5.41, 5.74) is 0.961. The number of fused-ring (bicyclic) bond motifs is 1. The van der Waals surface area contributed by atoms with Crippen LogP contribution in [-0.2, 0) is 20.7 Å². The lowest BCUT2D eigenvalue weighted by atomic mass is 9.92. The smallest absolute Gasteiger partial charge is 0.419 e. The lowest BCUT2D eigenvalue weighted by molar-refractivity contribution is -0.142. The maximum absolute atomic E-state index is 14.0. The Labute approximate surface area is 185 Å². The first-order valence-electron chi connectivity index (χ1n) is 10.5. The zero-order valence-electron chi connectivity index (χ0n) is 18.7. The zero-order chi connectivity index (χ0) is 23.5. The molecule has 5 nitrogen and oxygen atoms in total. The molecule has 0 amide bonds. The number of methoxy groups -OCH3 is 1. The summed E-state index contributed by atoms with van der Waals surface area (Å²) in [7, 11) is 1.31. The first-order chi connectivity index (χ1) is 15.1. The Morgan fingerprint density at radius 1 is 1.09 bits per heavy atom. The molecule has 0 aliphatic heterocycles. The van der Waals surface area contributed by atoms with E-state index in [-0.39, 0.29) is 0 Å². The van der Waals surface area contributed by atoms with E-state index in [4.69, 9.17) is 9.47 Å². The lowest BCUT2D eigenvalue weighted by Gasteiger charge is -2.19. The number of benzene rings is 2. The molecule has 1 atom stereocenters. The highest BCUT2D eigenvalue weighted by Gasteiger charge is 2.28. The van der Waals surface area contributed by atoms with Crippen molar-refractivity contribution in [3.05, 3.63) is 71.4 Å². The normalized spacial score (nSPS) is 12.6. The van der Waals surface area contributed by atoms with Crippen LogP contribution in [0.2, 0.25) is 0 Å². The molecule has 0 spiro atoms. The van der Waals surface area contributed by atoms with Crippen LogP contribution in [0.3, 0.4) is 0 Å². The van der Waals surface area contributed by atoms with Gasteiger partial charge in [0.1, 0.15) is 17.2 Å². The summed E-state index contributed by atoms with van der Waals surface area (Å²) in [5, 5.41) is 0.738. The third-order valence-corrected chi connectivity index (χ3v) is 5.15. The van der Waals surface area contributed by atoms with Crippen molar-refractivity contribution in [2.75, 3.05) is 7.11 Å². The number of esters is 1. The van der Waals surface area contributed by atoms with E-state index in [1.807, 2.05) is 12.1 Å². The van der Waals surface area contributed by atoms with E-state index in [0.717, 1.165) is 11.5 Å². The van der Waals surface area contributed by atoms with Crippen LogP contribution in [0.25, 0.3) is 10.9 Å². The highest BCUT2D eigenvalue weighted by Crippen LogP contribution is 2.32. The number of para-hydroxylation sites is 1. The van der Waals surface area contributed by atoms with Gasteiger partial charge >= 0.3 is 12.1 Å². The minimum absolute atomic E-state index is 0.338. The first-order valence-corrected chi connectivity index (χ1v) is 10.5. The van der Waals surface area contributed by atoms with E-state index in [1.54, 1.807) is 39.1 Å². The number of aromatic nitrogens is 1. The molecular formula is C25H27F2NO4. The molecule has 0 radical (unpaired) electrons. The van der Waals surface area contributed by atoms with Gasteiger partial charge in [0.15, 0.2) is 0 Å². The maximum Gasteiger partial charge on any atom is 0.419 e.